The third-order valence-corrected chi connectivity index (χ3v) is 5.30. The van der Waals surface area contributed by atoms with Gasteiger partial charge in [0.1, 0.15) is 10.8 Å². The predicted octanol–water partition coefficient (Wildman–Crippen LogP) is 4.30. The average Bonchev–Trinajstić information content (AvgIpc) is 3.04. The smallest absolute Gasteiger partial charge is 0.266 e. The molecule has 1 aliphatic rings. The van der Waals surface area contributed by atoms with E-state index < -0.39 is 6.10 Å². The monoisotopic (exact) mass is 345 g/mol. The van der Waals surface area contributed by atoms with Crippen LogP contribution in [-0.4, -0.2) is 22.2 Å². The number of hydrogen-bond acceptors (Lipinski definition) is 5. The van der Waals surface area contributed by atoms with E-state index in [1.165, 1.54) is 43.4 Å². The van der Waals surface area contributed by atoms with Gasteiger partial charge in [0.15, 0.2) is 6.10 Å². The van der Waals surface area contributed by atoms with E-state index >= 15 is 0 Å². The minimum Gasteiger partial charge on any atom is -0.481 e. The summed E-state index contributed by atoms with van der Waals surface area (Å²) in [6.07, 6.45) is 5.59. The number of rotatable bonds is 5. The van der Waals surface area contributed by atoms with Crippen molar-refractivity contribution < 1.29 is 9.53 Å². The average molecular weight is 345 g/mol. The molecule has 1 aromatic heterocycles. The number of aryl methyl sites for hydroxylation is 1. The molecular weight excluding hydrogens is 322 g/mol. The van der Waals surface area contributed by atoms with Crippen LogP contribution >= 0.6 is 11.3 Å². The quantitative estimate of drug-likeness (QED) is 0.877. The molecule has 24 heavy (non-hydrogen) atoms. The van der Waals surface area contributed by atoms with E-state index in [1.54, 1.807) is 6.92 Å². The van der Waals surface area contributed by atoms with Crippen molar-refractivity contribution in [1.29, 1.82) is 0 Å². The molecule has 6 heteroatoms. The van der Waals surface area contributed by atoms with Crippen molar-refractivity contribution in [2.75, 3.05) is 5.32 Å². The van der Waals surface area contributed by atoms with E-state index in [0.717, 1.165) is 10.6 Å². The molecule has 0 saturated heterocycles. The number of anilines is 1. The van der Waals surface area contributed by atoms with Crippen molar-refractivity contribution in [2.45, 2.75) is 58.0 Å². The van der Waals surface area contributed by atoms with Gasteiger partial charge in [0, 0.05) is 5.92 Å². The largest absolute Gasteiger partial charge is 0.481 e. The lowest BCUT2D eigenvalue weighted by Crippen LogP contribution is -2.30. The number of benzene rings is 1. The molecule has 1 N–H and O–H groups in total. The molecule has 1 atom stereocenters. The fraction of sp³-hybridized carbons (Fsp3) is 0.500. The number of carbonyl (C=O) groups is 1. The molecule has 0 bridgehead atoms. The zero-order chi connectivity index (χ0) is 16.9. The number of aromatic nitrogens is 2. The summed E-state index contributed by atoms with van der Waals surface area (Å²) in [5, 5.41) is 12.8. The van der Waals surface area contributed by atoms with E-state index in [2.05, 4.69) is 15.5 Å². The Hall–Kier alpha value is -1.95. The molecule has 128 valence electrons. The van der Waals surface area contributed by atoms with Crippen LogP contribution in [0.1, 0.15) is 55.5 Å². The lowest BCUT2D eigenvalue weighted by molar-refractivity contribution is -0.122. The summed E-state index contributed by atoms with van der Waals surface area (Å²) in [6, 6.07) is 7.67. The third-order valence-electron chi connectivity index (χ3n) is 4.30. The first-order chi connectivity index (χ1) is 11.6. The molecule has 1 heterocycles. The van der Waals surface area contributed by atoms with Crippen LogP contribution < -0.4 is 10.1 Å². The molecule has 1 aliphatic carbocycles. The van der Waals surface area contributed by atoms with Gasteiger partial charge in [-0.05, 0) is 44.4 Å². The van der Waals surface area contributed by atoms with E-state index in [4.69, 9.17) is 4.74 Å². The summed E-state index contributed by atoms with van der Waals surface area (Å²) < 4.78 is 5.70. The minimum absolute atomic E-state index is 0.206. The minimum atomic E-state index is -0.589. The summed E-state index contributed by atoms with van der Waals surface area (Å²) in [4.78, 5) is 12.3. The number of amides is 1. The Labute approximate surface area is 146 Å². The molecule has 1 amide bonds. The lowest BCUT2D eigenvalue weighted by atomic mass is 9.90. The van der Waals surface area contributed by atoms with Gasteiger partial charge in [-0.15, -0.1) is 10.2 Å². The van der Waals surface area contributed by atoms with Crippen LogP contribution in [0.4, 0.5) is 5.13 Å². The van der Waals surface area contributed by atoms with Gasteiger partial charge in [-0.2, -0.15) is 0 Å². The van der Waals surface area contributed by atoms with E-state index in [-0.39, 0.29) is 5.91 Å². The summed E-state index contributed by atoms with van der Waals surface area (Å²) >= 11 is 1.48. The van der Waals surface area contributed by atoms with Gasteiger partial charge >= 0.3 is 0 Å². The molecule has 1 saturated carbocycles. The summed E-state index contributed by atoms with van der Waals surface area (Å²) in [6.45, 7) is 3.73. The van der Waals surface area contributed by atoms with Gasteiger partial charge in [-0.25, -0.2) is 0 Å². The Kier molecular flexibility index (Phi) is 5.45. The summed E-state index contributed by atoms with van der Waals surface area (Å²) in [5.74, 6) is 0.989. The maximum Gasteiger partial charge on any atom is 0.266 e. The van der Waals surface area contributed by atoms with Crippen LogP contribution in [0.3, 0.4) is 0 Å². The van der Waals surface area contributed by atoms with Gasteiger partial charge in [-0.3, -0.25) is 10.1 Å². The number of nitrogens with one attached hydrogen (secondary N) is 1. The maximum absolute atomic E-state index is 12.3. The van der Waals surface area contributed by atoms with E-state index in [0.29, 0.717) is 16.8 Å². The number of carbonyl (C=O) groups excluding carboxylic acids is 1. The van der Waals surface area contributed by atoms with Crippen molar-refractivity contribution >= 4 is 22.4 Å². The zero-order valence-corrected chi connectivity index (χ0v) is 14.9. The molecule has 1 fully saturated rings. The predicted molar refractivity (Wildman–Crippen MR) is 95.6 cm³/mol. The van der Waals surface area contributed by atoms with Crippen LogP contribution in [0.25, 0.3) is 0 Å². The topological polar surface area (TPSA) is 64.1 Å². The maximum atomic E-state index is 12.3. The van der Waals surface area contributed by atoms with Crippen LogP contribution in [0.5, 0.6) is 5.75 Å². The van der Waals surface area contributed by atoms with Gasteiger partial charge in [-0.1, -0.05) is 42.7 Å². The standard InChI is InChI=1S/C18H23N3O2S/c1-12-7-6-10-15(11-12)23-13(2)16(22)19-18-21-20-17(24-18)14-8-4-3-5-9-14/h6-7,10-11,13-14H,3-5,8-9H2,1-2H3,(H,19,21,22). The number of ether oxygens (including phenoxy) is 1. The highest BCUT2D eigenvalue weighted by Gasteiger charge is 2.21. The fourth-order valence-corrected chi connectivity index (χ4v) is 3.87. The lowest BCUT2D eigenvalue weighted by Gasteiger charge is -2.18. The zero-order valence-electron chi connectivity index (χ0n) is 14.1. The van der Waals surface area contributed by atoms with Crippen molar-refractivity contribution in [1.82, 2.24) is 10.2 Å². The highest BCUT2D eigenvalue weighted by Crippen LogP contribution is 2.35. The first kappa shape index (κ1) is 16.9. The second-order valence-corrected chi connectivity index (χ2v) is 7.36. The van der Waals surface area contributed by atoms with Crippen molar-refractivity contribution in [2.24, 2.45) is 0 Å². The van der Waals surface area contributed by atoms with Crippen LogP contribution in [0.2, 0.25) is 0 Å². The Morgan fingerprint density at radius 1 is 1.29 bits per heavy atom. The van der Waals surface area contributed by atoms with Gasteiger partial charge in [0.2, 0.25) is 5.13 Å². The summed E-state index contributed by atoms with van der Waals surface area (Å²) in [5.41, 5.74) is 1.10. The van der Waals surface area contributed by atoms with Gasteiger partial charge in [0.05, 0.1) is 0 Å². The second-order valence-electron chi connectivity index (χ2n) is 6.35. The number of nitrogens with zero attached hydrogens (tertiary/aromatic N) is 2. The van der Waals surface area contributed by atoms with Crippen LogP contribution in [0, 0.1) is 6.92 Å². The molecule has 0 spiro atoms. The van der Waals surface area contributed by atoms with Crippen molar-refractivity contribution in [3.63, 3.8) is 0 Å². The van der Waals surface area contributed by atoms with Gasteiger partial charge < -0.3 is 4.74 Å². The number of hydrogen-bond donors (Lipinski definition) is 1. The Bertz CT molecular complexity index is 695. The summed E-state index contributed by atoms with van der Waals surface area (Å²) in [7, 11) is 0. The third kappa shape index (κ3) is 4.32. The molecular formula is C18H23N3O2S. The first-order valence-corrected chi connectivity index (χ1v) is 9.31. The highest BCUT2D eigenvalue weighted by molar-refractivity contribution is 7.15. The van der Waals surface area contributed by atoms with Gasteiger partial charge in [0.25, 0.3) is 5.91 Å². The molecule has 1 aromatic carbocycles. The normalized spacial score (nSPS) is 16.6. The Morgan fingerprint density at radius 2 is 2.08 bits per heavy atom. The second kappa shape index (κ2) is 7.75. The van der Waals surface area contributed by atoms with Crippen molar-refractivity contribution in [3.05, 3.63) is 34.8 Å². The fourth-order valence-electron chi connectivity index (χ4n) is 2.95. The first-order valence-electron chi connectivity index (χ1n) is 8.49. The van der Waals surface area contributed by atoms with Crippen LogP contribution in [-0.2, 0) is 4.79 Å². The molecule has 1 unspecified atom stereocenters. The molecule has 0 radical (unpaired) electrons. The van der Waals surface area contributed by atoms with E-state index in [9.17, 15) is 4.79 Å². The molecule has 0 aliphatic heterocycles. The van der Waals surface area contributed by atoms with E-state index in [1.807, 2.05) is 31.2 Å². The van der Waals surface area contributed by atoms with Crippen LogP contribution in [0.15, 0.2) is 24.3 Å². The highest BCUT2D eigenvalue weighted by atomic mass is 32.1. The Morgan fingerprint density at radius 3 is 2.83 bits per heavy atom. The van der Waals surface area contributed by atoms with Crippen molar-refractivity contribution in [3.8, 4) is 5.75 Å². The molecule has 2 aromatic rings. The SMILES string of the molecule is Cc1cccc(OC(C)C(=O)Nc2nnc(C3CCCCC3)s2)c1. The Balaban J connectivity index is 1.57. The molecule has 3 rings (SSSR count). The molecule has 5 nitrogen and oxygen atoms in total.